The molecular weight excluding hydrogens is 318 g/mol. The van der Waals surface area contributed by atoms with E-state index in [9.17, 15) is 0 Å². The molecule has 0 spiro atoms. The van der Waals surface area contributed by atoms with Crippen LogP contribution in [-0.2, 0) is 6.54 Å². The van der Waals surface area contributed by atoms with Gasteiger partial charge in [0.25, 0.3) is 0 Å². The van der Waals surface area contributed by atoms with Gasteiger partial charge in [-0.1, -0.05) is 12.1 Å². The topological polar surface area (TPSA) is 106 Å². The van der Waals surface area contributed by atoms with Crippen molar-refractivity contribution in [2.45, 2.75) is 6.54 Å². The molecule has 0 aliphatic carbocycles. The summed E-state index contributed by atoms with van der Waals surface area (Å²) in [6.45, 7) is 0.518. The molecule has 3 aromatic rings. The zero-order valence-electron chi connectivity index (χ0n) is 13.9. The van der Waals surface area contributed by atoms with Crippen molar-refractivity contribution in [2.24, 2.45) is 0 Å². The molecule has 0 atom stereocenters. The maximum Gasteiger partial charge on any atom is 0.225 e. The number of nitrogen functional groups attached to an aromatic ring is 1. The molecule has 2 aromatic carbocycles. The van der Waals surface area contributed by atoms with Crippen LogP contribution >= 0.6 is 0 Å². The third-order valence-corrected chi connectivity index (χ3v) is 3.76. The Morgan fingerprint density at radius 2 is 1.76 bits per heavy atom. The highest BCUT2D eigenvalue weighted by atomic mass is 16.5. The number of hydrogen-bond donors (Lipinski definition) is 2. The number of rotatable bonds is 5. The lowest BCUT2D eigenvalue weighted by Gasteiger charge is -2.11. The smallest absolute Gasteiger partial charge is 0.225 e. The molecule has 0 unspecified atom stereocenters. The first-order valence-electron chi connectivity index (χ1n) is 7.56. The summed E-state index contributed by atoms with van der Waals surface area (Å²) < 4.78 is 10.6. The predicted octanol–water partition coefficient (Wildman–Crippen LogP) is 2.71. The highest BCUT2D eigenvalue weighted by molar-refractivity contribution is 5.91. The minimum absolute atomic E-state index is 0.355. The fourth-order valence-electron chi connectivity index (χ4n) is 2.44. The van der Waals surface area contributed by atoms with E-state index in [1.54, 1.807) is 38.5 Å². The molecule has 0 saturated carbocycles. The third-order valence-electron chi connectivity index (χ3n) is 3.76. The van der Waals surface area contributed by atoms with Crippen molar-refractivity contribution in [3.8, 4) is 17.6 Å². The molecular formula is C18H17N5O2. The number of fused-ring (bicyclic) bond motifs is 1. The van der Waals surface area contributed by atoms with Crippen LogP contribution in [0.2, 0.25) is 0 Å². The van der Waals surface area contributed by atoms with Crippen molar-refractivity contribution in [1.29, 1.82) is 5.26 Å². The second-order valence-corrected chi connectivity index (χ2v) is 5.32. The zero-order valence-corrected chi connectivity index (χ0v) is 13.9. The van der Waals surface area contributed by atoms with Crippen LogP contribution in [0.4, 0.5) is 11.8 Å². The summed E-state index contributed by atoms with van der Waals surface area (Å²) in [5.74, 6) is 1.92. The van der Waals surface area contributed by atoms with Gasteiger partial charge in [0.1, 0.15) is 5.82 Å². The molecule has 25 heavy (non-hydrogen) atoms. The van der Waals surface area contributed by atoms with Crippen molar-refractivity contribution in [3.63, 3.8) is 0 Å². The third kappa shape index (κ3) is 3.38. The molecule has 0 bridgehead atoms. The molecule has 0 aliphatic rings. The lowest BCUT2D eigenvalue weighted by Crippen LogP contribution is -2.06. The number of ether oxygens (including phenoxy) is 2. The Morgan fingerprint density at radius 1 is 1.08 bits per heavy atom. The van der Waals surface area contributed by atoms with E-state index in [4.69, 9.17) is 20.5 Å². The largest absolute Gasteiger partial charge is 0.493 e. The van der Waals surface area contributed by atoms with Crippen molar-refractivity contribution in [2.75, 3.05) is 25.3 Å². The fourth-order valence-corrected chi connectivity index (χ4v) is 2.44. The molecule has 3 N–H and O–H groups in total. The van der Waals surface area contributed by atoms with Gasteiger partial charge in [-0.15, -0.1) is 0 Å². The molecule has 0 aliphatic heterocycles. The predicted molar refractivity (Wildman–Crippen MR) is 95.5 cm³/mol. The van der Waals surface area contributed by atoms with Crippen LogP contribution in [0.15, 0.2) is 36.4 Å². The van der Waals surface area contributed by atoms with Gasteiger partial charge in [-0.3, -0.25) is 0 Å². The summed E-state index contributed by atoms with van der Waals surface area (Å²) in [5, 5.41) is 12.7. The summed E-state index contributed by atoms with van der Waals surface area (Å²) in [4.78, 5) is 8.77. The molecule has 0 amide bonds. The molecule has 1 aromatic heterocycles. The zero-order chi connectivity index (χ0) is 17.8. The summed E-state index contributed by atoms with van der Waals surface area (Å²) >= 11 is 0. The van der Waals surface area contributed by atoms with Gasteiger partial charge in [0.2, 0.25) is 5.95 Å². The maximum atomic E-state index is 8.83. The Morgan fingerprint density at radius 3 is 2.40 bits per heavy atom. The van der Waals surface area contributed by atoms with Gasteiger partial charge in [0.05, 0.1) is 31.4 Å². The van der Waals surface area contributed by atoms with Gasteiger partial charge < -0.3 is 20.5 Å². The molecule has 3 rings (SSSR count). The normalized spacial score (nSPS) is 10.3. The minimum atomic E-state index is 0.355. The second-order valence-electron chi connectivity index (χ2n) is 5.32. The summed E-state index contributed by atoms with van der Waals surface area (Å²) in [6, 6.07) is 12.9. The first-order chi connectivity index (χ1) is 12.1. The molecule has 0 fully saturated rings. The van der Waals surface area contributed by atoms with Crippen molar-refractivity contribution in [3.05, 3.63) is 47.5 Å². The molecule has 0 radical (unpaired) electrons. The molecule has 0 saturated heterocycles. The summed E-state index contributed by atoms with van der Waals surface area (Å²) in [5.41, 5.74) is 8.34. The molecule has 7 heteroatoms. The van der Waals surface area contributed by atoms with Crippen LogP contribution in [0.3, 0.4) is 0 Å². The standard InChI is InChI=1S/C18H17N5O2/c1-24-15-7-13-14(8-16(15)25-2)22-18(23-17(13)20)21-10-12-5-3-11(9-19)4-6-12/h3-8H,10H2,1-2H3,(H3,20,21,22,23). The molecule has 126 valence electrons. The Kier molecular flexibility index (Phi) is 4.53. The van der Waals surface area contributed by atoms with Gasteiger partial charge in [0, 0.05) is 18.0 Å². The number of aromatic nitrogens is 2. The number of nitrogens with zero attached hydrogens (tertiary/aromatic N) is 3. The van der Waals surface area contributed by atoms with Crippen LogP contribution in [0.25, 0.3) is 10.9 Å². The quantitative estimate of drug-likeness (QED) is 0.738. The SMILES string of the molecule is COc1cc2nc(NCc3ccc(C#N)cc3)nc(N)c2cc1OC. The van der Waals surface area contributed by atoms with Crippen LogP contribution in [0, 0.1) is 11.3 Å². The van der Waals surface area contributed by atoms with Crippen molar-refractivity contribution >= 4 is 22.7 Å². The van der Waals surface area contributed by atoms with E-state index in [1.165, 1.54) is 0 Å². The first kappa shape index (κ1) is 16.3. The average molecular weight is 335 g/mol. The van der Waals surface area contributed by atoms with Gasteiger partial charge in [-0.05, 0) is 23.8 Å². The van der Waals surface area contributed by atoms with Crippen molar-refractivity contribution in [1.82, 2.24) is 9.97 Å². The molecule has 1 heterocycles. The average Bonchev–Trinajstić information content (AvgIpc) is 2.65. The Labute approximate surface area is 145 Å². The van der Waals surface area contributed by atoms with Gasteiger partial charge >= 0.3 is 0 Å². The second kappa shape index (κ2) is 6.93. The fraction of sp³-hybridized carbons (Fsp3) is 0.167. The monoisotopic (exact) mass is 335 g/mol. The number of hydrogen-bond acceptors (Lipinski definition) is 7. The van der Waals surface area contributed by atoms with Crippen LogP contribution < -0.4 is 20.5 Å². The van der Waals surface area contributed by atoms with E-state index >= 15 is 0 Å². The lowest BCUT2D eigenvalue weighted by atomic mass is 10.1. The number of nitrogens with one attached hydrogen (secondary N) is 1. The van der Waals surface area contributed by atoms with E-state index in [0.29, 0.717) is 46.3 Å². The molecule has 7 nitrogen and oxygen atoms in total. The maximum absolute atomic E-state index is 8.83. The van der Waals surface area contributed by atoms with Crippen LogP contribution in [0.5, 0.6) is 11.5 Å². The van der Waals surface area contributed by atoms with Crippen LogP contribution in [0.1, 0.15) is 11.1 Å². The highest BCUT2D eigenvalue weighted by Crippen LogP contribution is 2.33. The van der Waals surface area contributed by atoms with E-state index in [-0.39, 0.29) is 0 Å². The first-order valence-corrected chi connectivity index (χ1v) is 7.56. The number of nitrogens with two attached hydrogens (primary N) is 1. The van der Waals surface area contributed by atoms with Crippen LogP contribution in [-0.4, -0.2) is 24.2 Å². The minimum Gasteiger partial charge on any atom is -0.493 e. The van der Waals surface area contributed by atoms with E-state index in [1.807, 2.05) is 12.1 Å². The van der Waals surface area contributed by atoms with Gasteiger partial charge in [-0.2, -0.15) is 10.2 Å². The van der Waals surface area contributed by atoms with Gasteiger partial charge in [-0.25, -0.2) is 4.98 Å². The van der Waals surface area contributed by atoms with E-state index < -0.39 is 0 Å². The number of nitriles is 1. The summed E-state index contributed by atoms with van der Waals surface area (Å²) in [6.07, 6.45) is 0. The number of anilines is 2. The Bertz CT molecular complexity index is 948. The number of benzene rings is 2. The Hall–Kier alpha value is -3.53. The lowest BCUT2D eigenvalue weighted by molar-refractivity contribution is 0.356. The number of methoxy groups -OCH3 is 2. The van der Waals surface area contributed by atoms with Crippen molar-refractivity contribution < 1.29 is 9.47 Å². The van der Waals surface area contributed by atoms with Gasteiger partial charge in [0.15, 0.2) is 11.5 Å². The highest BCUT2D eigenvalue weighted by Gasteiger charge is 2.11. The van der Waals surface area contributed by atoms with E-state index in [0.717, 1.165) is 5.56 Å². The Balaban J connectivity index is 1.87. The summed E-state index contributed by atoms with van der Waals surface area (Å²) in [7, 11) is 3.13. The van der Waals surface area contributed by atoms with E-state index in [2.05, 4.69) is 21.4 Å².